The van der Waals surface area contributed by atoms with Gasteiger partial charge in [0.05, 0.1) is 19.1 Å². The summed E-state index contributed by atoms with van der Waals surface area (Å²) in [6, 6.07) is 0. The standard InChI is InChI=1S/C18H24O6/c1-7-22-15(19)9-11-18(14(5)6,24-17(21)13(3)4)12-10-16(20)23-8-2/h13-14H,7-8H2,1-6H3. The third-order valence-corrected chi connectivity index (χ3v) is 2.80. The lowest BCUT2D eigenvalue weighted by Gasteiger charge is -2.27. The Balaban J connectivity index is 5.84. The van der Waals surface area contributed by atoms with Crippen LogP contribution in [0.25, 0.3) is 0 Å². The van der Waals surface area contributed by atoms with Crippen LogP contribution in [0.15, 0.2) is 0 Å². The summed E-state index contributed by atoms with van der Waals surface area (Å²) in [5.74, 6) is 6.74. The van der Waals surface area contributed by atoms with Gasteiger partial charge < -0.3 is 14.2 Å². The molecule has 0 heterocycles. The van der Waals surface area contributed by atoms with Crippen LogP contribution in [0.2, 0.25) is 0 Å². The Labute approximate surface area is 143 Å². The Hall–Kier alpha value is -2.47. The first-order valence-electron chi connectivity index (χ1n) is 7.81. The van der Waals surface area contributed by atoms with Gasteiger partial charge in [-0.05, 0) is 25.7 Å². The van der Waals surface area contributed by atoms with E-state index in [-0.39, 0.29) is 13.2 Å². The minimum atomic E-state index is -1.61. The molecule has 6 nitrogen and oxygen atoms in total. The molecule has 0 aliphatic carbocycles. The second-order valence-corrected chi connectivity index (χ2v) is 5.41. The molecule has 0 atom stereocenters. The van der Waals surface area contributed by atoms with E-state index in [1.165, 1.54) is 0 Å². The van der Waals surface area contributed by atoms with E-state index < -0.39 is 35.3 Å². The largest absolute Gasteiger partial charge is 0.456 e. The Morgan fingerprint density at radius 2 is 1.29 bits per heavy atom. The summed E-state index contributed by atoms with van der Waals surface area (Å²) in [7, 11) is 0. The molecule has 6 heteroatoms. The van der Waals surface area contributed by atoms with Gasteiger partial charge >= 0.3 is 17.9 Å². The maximum atomic E-state index is 12.0. The third-order valence-electron chi connectivity index (χ3n) is 2.80. The van der Waals surface area contributed by atoms with Crippen molar-refractivity contribution < 1.29 is 28.6 Å². The predicted octanol–water partition coefficient (Wildman–Crippen LogP) is 1.71. The van der Waals surface area contributed by atoms with Gasteiger partial charge in [-0.2, -0.15) is 0 Å². The van der Waals surface area contributed by atoms with Crippen LogP contribution in [0.1, 0.15) is 41.5 Å². The lowest BCUT2D eigenvalue weighted by molar-refractivity contribution is -0.157. The molecule has 0 unspecified atom stereocenters. The molecule has 0 saturated heterocycles. The molecule has 0 aliphatic heterocycles. The lowest BCUT2D eigenvalue weighted by atomic mass is 9.90. The zero-order chi connectivity index (χ0) is 18.8. The highest BCUT2D eigenvalue weighted by Gasteiger charge is 2.36. The third kappa shape index (κ3) is 7.19. The summed E-state index contributed by atoms with van der Waals surface area (Å²) >= 11 is 0. The van der Waals surface area contributed by atoms with Gasteiger partial charge in [-0.25, -0.2) is 9.59 Å². The maximum absolute atomic E-state index is 12.0. The van der Waals surface area contributed by atoms with E-state index in [1.807, 2.05) is 0 Å². The van der Waals surface area contributed by atoms with E-state index in [1.54, 1.807) is 41.5 Å². The molecule has 0 aromatic carbocycles. The van der Waals surface area contributed by atoms with Gasteiger partial charge in [0.2, 0.25) is 5.60 Å². The average Bonchev–Trinajstić information content (AvgIpc) is 2.50. The molecular weight excluding hydrogens is 312 g/mol. The summed E-state index contributed by atoms with van der Waals surface area (Å²) in [5, 5.41) is 0. The molecule has 0 aromatic heterocycles. The molecule has 0 radical (unpaired) electrons. The van der Waals surface area contributed by atoms with Crippen LogP contribution in [-0.4, -0.2) is 36.7 Å². The molecule has 0 rings (SSSR count). The minimum absolute atomic E-state index is 0.169. The van der Waals surface area contributed by atoms with Crippen molar-refractivity contribution in [2.24, 2.45) is 11.8 Å². The van der Waals surface area contributed by atoms with Crippen molar-refractivity contribution in [3.63, 3.8) is 0 Å². The summed E-state index contributed by atoms with van der Waals surface area (Å²) in [6.45, 7) is 10.4. The van der Waals surface area contributed by atoms with Crippen molar-refractivity contribution in [3.8, 4) is 23.7 Å². The van der Waals surface area contributed by atoms with Crippen molar-refractivity contribution in [2.75, 3.05) is 13.2 Å². The minimum Gasteiger partial charge on any atom is -0.456 e. The van der Waals surface area contributed by atoms with Crippen molar-refractivity contribution in [1.29, 1.82) is 0 Å². The van der Waals surface area contributed by atoms with E-state index >= 15 is 0 Å². The first-order valence-corrected chi connectivity index (χ1v) is 7.81. The number of esters is 3. The highest BCUT2D eigenvalue weighted by atomic mass is 16.6. The van der Waals surface area contributed by atoms with Gasteiger partial charge in [-0.1, -0.05) is 27.7 Å². The molecule has 0 N–H and O–H groups in total. The van der Waals surface area contributed by atoms with Crippen molar-refractivity contribution >= 4 is 17.9 Å². The molecule has 0 amide bonds. The molecule has 0 spiro atoms. The molecule has 0 saturated carbocycles. The van der Waals surface area contributed by atoms with Gasteiger partial charge in [0.1, 0.15) is 0 Å². The van der Waals surface area contributed by atoms with Crippen LogP contribution in [-0.2, 0) is 28.6 Å². The highest BCUT2D eigenvalue weighted by molar-refractivity contribution is 5.90. The average molecular weight is 336 g/mol. The van der Waals surface area contributed by atoms with Crippen LogP contribution in [0.4, 0.5) is 0 Å². The first kappa shape index (κ1) is 21.5. The predicted molar refractivity (Wildman–Crippen MR) is 87.3 cm³/mol. The molecule has 0 bridgehead atoms. The van der Waals surface area contributed by atoms with Crippen molar-refractivity contribution in [3.05, 3.63) is 0 Å². The number of carbonyl (C=O) groups is 3. The van der Waals surface area contributed by atoms with Crippen LogP contribution in [0.3, 0.4) is 0 Å². The number of hydrogen-bond acceptors (Lipinski definition) is 6. The second kappa shape index (κ2) is 10.3. The fraction of sp³-hybridized carbons (Fsp3) is 0.611. The van der Waals surface area contributed by atoms with E-state index in [4.69, 9.17) is 14.2 Å². The van der Waals surface area contributed by atoms with Gasteiger partial charge in [-0.3, -0.25) is 4.79 Å². The van der Waals surface area contributed by atoms with Gasteiger partial charge in [0.15, 0.2) is 0 Å². The first-order chi connectivity index (χ1) is 11.2. The van der Waals surface area contributed by atoms with E-state index in [0.29, 0.717) is 0 Å². The zero-order valence-electron chi connectivity index (χ0n) is 15.0. The molecule has 24 heavy (non-hydrogen) atoms. The summed E-state index contributed by atoms with van der Waals surface area (Å²) in [6.07, 6.45) is 0. The van der Waals surface area contributed by atoms with Crippen LogP contribution in [0.5, 0.6) is 0 Å². The Bertz CT molecular complexity index is 544. The van der Waals surface area contributed by atoms with Gasteiger partial charge in [-0.15, -0.1) is 0 Å². The number of rotatable bonds is 5. The lowest BCUT2D eigenvalue weighted by Crippen LogP contribution is -2.39. The van der Waals surface area contributed by atoms with E-state index in [9.17, 15) is 14.4 Å². The van der Waals surface area contributed by atoms with Gasteiger partial charge in [0.25, 0.3) is 0 Å². The molecule has 132 valence electrons. The van der Waals surface area contributed by atoms with Crippen molar-refractivity contribution in [1.82, 2.24) is 0 Å². The zero-order valence-corrected chi connectivity index (χ0v) is 15.0. The Kier molecular flexibility index (Phi) is 9.27. The van der Waals surface area contributed by atoms with Crippen LogP contribution < -0.4 is 0 Å². The Morgan fingerprint density at radius 1 is 0.875 bits per heavy atom. The number of carbonyl (C=O) groups excluding carboxylic acids is 3. The monoisotopic (exact) mass is 336 g/mol. The molecule has 0 fully saturated rings. The summed E-state index contributed by atoms with van der Waals surface area (Å²) < 4.78 is 14.9. The smallest absolute Gasteiger partial charge is 0.384 e. The van der Waals surface area contributed by atoms with Crippen LogP contribution in [0, 0.1) is 35.5 Å². The number of hydrogen-bond donors (Lipinski definition) is 0. The summed E-state index contributed by atoms with van der Waals surface area (Å²) in [4.78, 5) is 35.0. The Morgan fingerprint density at radius 3 is 1.58 bits per heavy atom. The fourth-order valence-corrected chi connectivity index (χ4v) is 1.39. The van der Waals surface area contributed by atoms with E-state index in [0.717, 1.165) is 0 Å². The number of ether oxygens (including phenoxy) is 3. The fourth-order valence-electron chi connectivity index (χ4n) is 1.39. The quantitative estimate of drug-likeness (QED) is 0.329. The SMILES string of the molecule is CCOC(=O)C#CC(C#CC(=O)OCC)(OC(=O)C(C)C)C(C)C. The maximum Gasteiger partial charge on any atom is 0.384 e. The van der Waals surface area contributed by atoms with E-state index in [2.05, 4.69) is 23.7 Å². The molecule has 0 aliphatic rings. The normalized spacial score (nSPS) is 10.2. The topological polar surface area (TPSA) is 78.9 Å². The summed E-state index contributed by atoms with van der Waals surface area (Å²) in [5.41, 5.74) is -1.61. The second-order valence-electron chi connectivity index (χ2n) is 5.41. The molecule has 0 aromatic rings. The van der Waals surface area contributed by atoms with Crippen molar-refractivity contribution in [2.45, 2.75) is 47.1 Å². The van der Waals surface area contributed by atoms with Crippen LogP contribution >= 0.6 is 0 Å². The molecular formula is C18H24O6. The van der Waals surface area contributed by atoms with Gasteiger partial charge in [0, 0.05) is 17.8 Å². The highest BCUT2D eigenvalue weighted by Crippen LogP contribution is 2.22.